The second-order valence-electron chi connectivity index (χ2n) is 7.66. The van der Waals surface area contributed by atoms with E-state index < -0.39 is 0 Å². The molecule has 3 heteroatoms. The first-order valence-corrected chi connectivity index (χ1v) is 11.7. The summed E-state index contributed by atoms with van der Waals surface area (Å²) in [5, 5.41) is 4.98. The van der Waals surface area contributed by atoms with Crippen molar-refractivity contribution in [1.29, 1.82) is 0 Å². The normalized spacial score (nSPS) is 17.1. The Morgan fingerprint density at radius 2 is 2.00 bits per heavy atom. The van der Waals surface area contributed by atoms with Gasteiger partial charge in [-0.05, 0) is 59.9 Å². The second-order valence-corrected chi connectivity index (χ2v) is 8.80. The van der Waals surface area contributed by atoms with Crippen LogP contribution in [0.3, 0.4) is 0 Å². The highest BCUT2D eigenvalue weighted by atomic mass is 32.2. The van der Waals surface area contributed by atoms with Gasteiger partial charge in [0.15, 0.2) is 0 Å². The number of hydrogen-bond acceptors (Lipinski definition) is 2. The molecule has 2 aromatic carbocycles. The van der Waals surface area contributed by atoms with Crippen LogP contribution in [-0.4, -0.2) is 23.3 Å². The maximum atomic E-state index is 3.65. The summed E-state index contributed by atoms with van der Waals surface area (Å²) in [5.74, 6) is 1.18. The molecule has 2 nitrogen and oxygen atoms in total. The molecule has 1 aliphatic rings. The summed E-state index contributed by atoms with van der Waals surface area (Å²) >= 11 is 1.98. The molecule has 0 radical (unpaired) electrons. The average molecular weight is 403 g/mol. The summed E-state index contributed by atoms with van der Waals surface area (Å²) < 4.78 is 0. The van der Waals surface area contributed by atoms with Gasteiger partial charge in [0.25, 0.3) is 0 Å². The van der Waals surface area contributed by atoms with E-state index in [0.29, 0.717) is 6.04 Å². The number of H-pyrrole nitrogens is 1. The van der Waals surface area contributed by atoms with Crippen LogP contribution in [0.25, 0.3) is 22.6 Å². The Morgan fingerprint density at radius 1 is 1.10 bits per heavy atom. The first kappa shape index (κ1) is 20.1. The van der Waals surface area contributed by atoms with Gasteiger partial charge in [-0.15, -0.1) is 11.8 Å². The molecule has 150 valence electrons. The van der Waals surface area contributed by atoms with Crippen molar-refractivity contribution < 1.29 is 0 Å². The number of aromatic amines is 1. The summed E-state index contributed by atoms with van der Waals surface area (Å²) in [6, 6.07) is 18.0. The minimum Gasteiger partial charge on any atom is -0.361 e. The SMILES string of the molecule is CCCCSc1ccc2[nH]ccc2c1/C=C/CC1CC(c2ccccc2)=CCN1. The van der Waals surface area contributed by atoms with Crippen molar-refractivity contribution in [2.75, 3.05) is 12.3 Å². The molecule has 0 spiro atoms. The molecule has 0 saturated heterocycles. The van der Waals surface area contributed by atoms with E-state index in [4.69, 9.17) is 0 Å². The summed E-state index contributed by atoms with van der Waals surface area (Å²) in [6.07, 6.45) is 13.7. The van der Waals surface area contributed by atoms with Crippen LogP contribution in [0.15, 0.2) is 71.8 Å². The number of unbranched alkanes of at least 4 members (excludes halogenated alkanes) is 1. The van der Waals surface area contributed by atoms with E-state index in [9.17, 15) is 0 Å². The number of benzene rings is 2. The first-order chi connectivity index (χ1) is 14.3. The predicted octanol–water partition coefficient (Wildman–Crippen LogP) is 6.91. The molecule has 0 fully saturated rings. The molecule has 0 aliphatic carbocycles. The molecule has 2 N–H and O–H groups in total. The largest absolute Gasteiger partial charge is 0.361 e. The summed E-state index contributed by atoms with van der Waals surface area (Å²) in [4.78, 5) is 4.75. The zero-order chi connectivity index (χ0) is 19.9. The van der Waals surface area contributed by atoms with E-state index in [1.807, 2.05) is 18.0 Å². The van der Waals surface area contributed by atoms with Gasteiger partial charge in [0.05, 0.1) is 0 Å². The van der Waals surface area contributed by atoms with Gasteiger partial charge in [-0.3, -0.25) is 0 Å². The van der Waals surface area contributed by atoms with Gasteiger partial charge in [0.1, 0.15) is 0 Å². The van der Waals surface area contributed by atoms with Crippen LogP contribution in [0, 0.1) is 0 Å². The number of thioether (sulfide) groups is 1. The standard InChI is InChI=1S/C26H30N2S/c1-2-3-18-29-26-13-12-25-23(15-17-28-25)24(26)11-7-10-22-19-21(14-16-27-22)20-8-5-4-6-9-20/h4-9,11-15,17,22,27-28H,2-3,10,16,18-19H2,1H3/b11-7+. The van der Waals surface area contributed by atoms with Crippen LogP contribution in [0.4, 0.5) is 0 Å². The van der Waals surface area contributed by atoms with Crippen LogP contribution in [0.2, 0.25) is 0 Å². The minimum atomic E-state index is 0.494. The lowest BCUT2D eigenvalue weighted by atomic mass is 9.93. The summed E-state index contributed by atoms with van der Waals surface area (Å²) in [5.41, 5.74) is 5.40. The van der Waals surface area contributed by atoms with Crippen molar-refractivity contribution in [3.8, 4) is 0 Å². The number of aromatic nitrogens is 1. The fourth-order valence-corrected chi connectivity index (χ4v) is 5.09. The smallest absolute Gasteiger partial charge is 0.0460 e. The van der Waals surface area contributed by atoms with Crippen LogP contribution in [0.1, 0.15) is 43.7 Å². The Balaban J connectivity index is 1.46. The molecule has 0 saturated carbocycles. The molecule has 29 heavy (non-hydrogen) atoms. The molecule has 1 unspecified atom stereocenters. The molecule has 1 aromatic heterocycles. The third-order valence-corrected chi connectivity index (χ3v) is 6.72. The van der Waals surface area contributed by atoms with Gasteiger partial charge in [-0.25, -0.2) is 0 Å². The monoisotopic (exact) mass is 402 g/mol. The van der Waals surface area contributed by atoms with E-state index >= 15 is 0 Å². The van der Waals surface area contributed by atoms with E-state index in [0.717, 1.165) is 19.4 Å². The van der Waals surface area contributed by atoms with E-state index in [2.05, 4.69) is 84.0 Å². The van der Waals surface area contributed by atoms with E-state index in [1.54, 1.807) is 0 Å². The molecule has 1 aliphatic heterocycles. The second kappa shape index (κ2) is 10.00. The fraction of sp³-hybridized carbons (Fsp3) is 0.308. The maximum Gasteiger partial charge on any atom is 0.0460 e. The van der Waals surface area contributed by atoms with Gasteiger partial charge >= 0.3 is 0 Å². The molecule has 4 rings (SSSR count). The maximum absolute atomic E-state index is 3.65. The lowest BCUT2D eigenvalue weighted by Gasteiger charge is -2.23. The van der Waals surface area contributed by atoms with E-state index in [-0.39, 0.29) is 0 Å². The topological polar surface area (TPSA) is 27.8 Å². The molecule has 3 aromatic rings. The van der Waals surface area contributed by atoms with Crippen LogP contribution in [0.5, 0.6) is 0 Å². The van der Waals surface area contributed by atoms with Crippen LogP contribution >= 0.6 is 11.8 Å². The zero-order valence-electron chi connectivity index (χ0n) is 17.2. The van der Waals surface area contributed by atoms with Gasteiger partial charge < -0.3 is 10.3 Å². The van der Waals surface area contributed by atoms with Crippen molar-refractivity contribution in [3.63, 3.8) is 0 Å². The quantitative estimate of drug-likeness (QED) is 0.316. The van der Waals surface area contributed by atoms with Crippen molar-refractivity contribution in [2.45, 2.75) is 43.5 Å². The molecule has 0 bridgehead atoms. The number of nitrogens with one attached hydrogen (secondary N) is 2. The molecular weight excluding hydrogens is 372 g/mol. The van der Waals surface area contributed by atoms with Crippen molar-refractivity contribution in [2.24, 2.45) is 0 Å². The third-order valence-electron chi connectivity index (χ3n) is 5.56. The molecule has 0 amide bonds. The Labute approximate surface area is 178 Å². The lowest BCUT2D eigenvalue weighted by molar-refractivity contribution is 0.542. The van der Waals surface area contributed by atoms with Crippen molar-refractivity contribution in [3.05, 3.63) is 78.0 Å². The van der Waals surface area contributed by atoms with Crippen LogP contribution < -0.4 is 5.32 Å². The average Bonchev–Trinajstić information content (AvgIpc) is 3.25. The Kier molecular flexibility index (Phi) is 6.91. The first-order valence-electron chi connectivity index (χ1n) is 10.7. The Morgan fingerprint density at radius 3 is 2.86 bits per heavy atom. The Hall–Kier alpha value is -2.23. The molecule has 1 atom stereocenters. The molecule has 2 heterocycles. The van der Waals surface area contributed by atoms with Crippen molar-refractivity contribution in [1.82, 2.24) is 10.3 Å². The summed E-state index contributed by atoms with van der Waals surface area (Å²) in [6.45, 7) is 3.21. The number of fused-ring (bicyclic) bond motifs is 1. The van der Waals surface area contributed by atoms with Gasteiger partial charge in [-0.1, -0.05) is 61.9 Å². The Bertz CT molecular complexity index is 984. The van der Waals surface area contributed by atoms with Crippen LogP contribution in [-0.2, 0) is 0 Å². The zero-order valence-corrected chi connectivity index (χ0v) is 18.0. The highest BCUT2D eigenvalue weighted by Gasteiger charge is 2.15. The lowest BCUT2D eigenvalue weighted by Crippen LogP contribution is -2.32. The van der Waals surface area contributed by atoms with Gasteiger partial charge in [0.2, 0.25) is 0 Å². The minimum absolute atomic E-state index is 0.494. The fourth-order valence-electron chi connectivity index (χ4n) is 3.94. The highest BCUT2D eigenvalue weighted by Crippen LogP contribution is 2.31. The number of hydrogen-bond donors (Lipinski definition) is 2. The molecular formula is C26H30N2S. The predicted molar refractivity (Wildman–Crippen MR) is 128 cm³/mol. The van der Waals surface area contributed by atoms with Crippen molar-refractivity contribution >= 4 is 34.3 Å². The third kappa shape index (κ3) is 5.04. The summed E-state index contributed by atoms with van der Waals surface area (Å²) in [7, 11) is 0. The van der Waals surface area contributed by atoms with Gasteiger partial charge in [0, 0.05) is 34.6 Å². The van der Waals surface area contributed by atoms with E-state index in [1.165, 1.54) is 51.1 Å². The van der Waals surface area contributed by atoms with Gasteiger partial charge in [-0.2, -0.15) is 0 Å². The highest BCUT2D eigenvalue weighted by molar-refractivity contribution is 7.99. The number of rotatable bonds is 8.